The summed E-state index contributed by atoms with van der Waals surface area (Å²) in [6, 6.07) is 13.1. The van der Waals surface area contributed by atoms with E-state index >= 15 is 0 Å². The van der Waals surface area contributed by atoms with Crippen molar-refractivity contribution in [1.29, 1.82) is 0 Å². The highest BCUT2D eigenvalue weighted by molar-refractivity contribution is 6.04. The largest absolute Gasteiger partial charge is 0.368 e. The molecule has 3 rings (SSSR count). The lowest BCUT2D eigenvalue weighted by molar-refractivity contribution is -0.384. The number of hydrogen-bond acceptors (Lipinski definition) is 5. The van der Waals surface area contributed by atoms with Crippen molar-refractivity contribution in [2.75, 3.05) is 36.4 Å². The van der Waals surface area contributed by atoms with E-state index in [4.69, 9.17) is 0 Å². The Labute approximate surface area is 182 Å². The second-order valence-corrected chi connectivity index (χ2v) is 8.91. The molecule has 164 valence electrons. The molecule has 1 saturated heterocycles. The molecule has 0 spiro atoms. The normalized spacial score (nSPS) is 14.3. The van der Waals surface area contributed by atoms with Gasteiger partial charge in [-0.1, -0.05) is 26.8 Å². The number of anilines is 2. The minimum atomic E-state index is -0.526. The predicted octanol–water partition coefficient (Wildman–Crippen LogP) is 3.93. The minimum Gasteiger partial charge on any atom is -0.368 e. The molecule has 0 atom stereocenters. The molecule has 8 heteroatoms. The van der Waals surface area contributed by atoms with Gasteiger partial charge in [-0.15, -0.1) is 0 Å². The van der Waals surface area contributed by atoms with Crippen LogP contribution in [0.1, 0.15) is 37.6 Å². The summed E-state index contributed by atoms with van der Waals surface area (Å²) >= 11 is 0. The van der Waals surface area contributed by atoms with E-state index in [0.29, 0.717) is 25.2 Å². The molecule has 1 fully saturated rings. The molecule has 1 heterocycles. The van der Waals surface area contributed by atoms with E-state index in [-0.39, 0.29) is 22.6 Å². The average Bonchev–Trinajstić information content (AvgIpc) is 2.73. The maximum Gasteiger partial charge on any atom is 0.270 e. The van der Waals surface area contributed by atoms with Crippen LogP contribution in [0.25, 0.3) is 0 Å². The molecule has 1 N–H and O–H groups in total. The molecule has 8 nitrogen and oxygen atoms in total. The summed E-state index contributed by atoms with van der Waals surface area (Å²) in [5.74, 6) is -0.200. The molecule has 1 aliphatic rings. The molecule has 2 aromatic rings. The topological polar surface area (TPSA) is 95.8 Å². The zero-order valence-corrected chi connectivity index (χ0v) is 18.1. The maximum atomic E-state index is 12.4. The Kier molecular flexibility index (Phi) is 6.58. The fourth-order valence-electron chi connectivity index (χ4n) is 3.50. The van der Waals surface area contributed by atoms with Crippen LogP contribution >= 0.6 is 0 Å². The predicted molar refractivity (Wildman–Crippen MR) is 120 cm³/mol. The number of benzene rings is 2. The van der Waals surface area contributed by atoms with Gasteiger partial charge in [0.05, 0.1) is 4.92 Å². The Morgan fingerprint density at radius 1 is 1.03 bits per heavy atom. The van der Waals surface area contributed by atoms with Crippen LogP contribution in [0.5, 0.6) is 0 Å². The van der Waals surface area contributed by atoms with Crippen molar-refractivity contribution >= 4 is 28.9 Å². The van der Waals surface area contributed by atoms with Gasteiger partial charge < -0.3 is 15.1 Å². The Morgan fingerprint density at radius 2 is 1.68 bits per heavy atom. The molecule has 0 radical (unpaired) electrons. The highest BCUT2D eigenvalue weighted by Crippen LogP contribution is 2.23. The minimum absolute atomic E-state index is 0.0147. The summed E-state index contributed by atoms with van der Waals surface area (Å²) < 4.78 is 0. The Balaban J connectivity index is 1.56. The van der Waals surface area contributed by atoms with Gasteiger partial charge in [0.25, 0.3) is 11.6 Å². The zero-order chi connectivity index (χ0) is 22.6. The van der Waals surface area contributed by atoms with Crippen LogP contribution in [0.2, 0.25) is 0 Å². The summed E-state index contributed by atoms with van der Waals surface area (Å²) in [7, 11) is 0. The van der Waals surface area contributed by atoms with Gasteiger partial charge in [0, 0.05) is 61.7 Å². The third-order valence-electron chi connectivity index (χ3n) is 5.12. The Bertz CT molecular complexity index is 958. The monoisotopic (exact) mass is 424 g/mol. The lowest BCUT2D eigenvalue weighted by atomic mass is 9.91. The van der Waals surface area contributed by atoms with E-state index < -0.39 is 10.8 Å². The third-order valence-corrected chi connectivity index (χ3v) is 5.12. The smallest absolute Gasteiger partial charge is 0.270 e. The van der Waals surface area contributed by atoms with Crippen molar-refractivity contribution in [3.05, 3.63) is 64.2 Å². The quantitative estimate of drug-likeness (QED) is 0.579. The van der Waals surface area contributed by atoms with E-state index in [2.05, 4.69) is 31.0 Å². The summed E-state index contributed by atoms with van der Waals surface area (Å²) in [4.78, 5) is 39.3. The van der Waals surface area contributed by atoms with Crippen molar-refractivity contribution < 1.29 is 14.5 Å². The van der Waals surface area contributed by atoms with Gasteiger partial charge in [0.15, 0.2) is 0 Å². The van der Waals surface area contributed by atoms with Crippen molar-refractivity contribution in [2.24, 2.45) is 5.41 Å². The first-order chi connectivity index (χ1) is 14.6. The molecule has 0 aromatic heterocycles. The molecular weight excluding hydrogens is 396 g/mol. The molecule has 0 bridgehead atoms. The Morgan fingerprint density at radius 3 is 2.26 bits per heavy atom. The number of carbonyl (C=O) groups is 2. The Hall–Kier alpha value is -3.42. The lowest BCUT2D eigenvalue weighted by Crippen LogP contribution is -2.49. The fourth-order valence-corrected chi connectivity index (χ4v) is 3.50. The van der Waals surface area contributed by atoms with Crippen LogP contribution in [0.3, 0.4) is 0 Å². The van der Waals surface area contributed by atoms with E-state index in [9.17, 15) is 19.7 Å². The maximum absolute atomic E-state index is 12.4. The number of hydrogen-bond donors (Lipinski definition) is 1. The number of piperazine rings is 1. The highest BCUT2D eigenvalue weighted by atomic mass is 16.6. The first-order valence-electron chi connectivity index (χ1n) is 10.3. The van der Waals surface area contributed by atoms with Crippen molar-refractivity contribution in [2.45, 2.75) is 27.2 Å². The number of amides is 2. The number of nitro benzene ring substituents is 1. The molecule has 1 aliphatic heterocycles. The van der Waals surface area contributed by atoms with Crippen LogP contribution in [0.4, 0.5) is 17.1 Å². The molecule has 0 unspecified atom stereocenters. The average molecular weight is 425 g/mol. The van der Waals surface area contributed by atoms with E-state index in [1.165, 1.54) is 24.3 Å². The summed E-state index contributed by atoms with van der Waals surface area (Å²) in [5, 5.41) is 13.7. The molecule has 31 heavy (non-hydrogen) atoms. The second-order valence-electron chi connectivity index (χ2n) is 8.91. The summed E-state index contributed by atoms with van der Waals surface area (Å²) in [5.41, 5.74) is 1.73. The van der Waals surface area contributed by atoms with Crippen LogP contribution in [0.15, 0.2) is 48.5 Å². The van der Waals surface area contributed by atoms with E-state index in [1.807, 2.05) is 29.2 Å². The summed E-state index contributed by atoms with van der Waals surface area (Å²) in [6.07, 6.45) is 0.548. The fraction of sp³-hybridized carbons (Fsp3) is 0.391. The lowest BCUT2D eigenvalue weighted by Gasteiger charge is -2.37. The van der Waals surface area contributed by atoms with Gasteiger partial charge in [-0.25, -0.2) is 0 Å². The van der Waals surface area contributed by atoms with Crippen LogP contribution < -0.4 is 10.2 Å². The van der Waals surface area contributed by atoms with E-state index in [0.717, 1.165) is 18.8 Å². The zero-order valence-electron chi connectivity index (χ0n) is 18.1. The number of nitro groups is 1. The van der Waals surface area contributed by atoms with Gasteiger partial charge in [-0.05, 0) is 35.7 Å². The van der Waals surface area contributed by atoms with Crippen LogP contribution in [-0.4, -0.2) is 47.8 Å². The van der Waals surface area contributed by atoms with Gasteiger partial charge in [0.1, 0.15) is 0 Å². The third kappa shape index (κ3) is 6.04. The number of non-ortho nitro benzene ring substituents is 1. The molecule has 0 aliphatic carbocycles. The van der Waals surface area contributed by atoms with Crippen LogP contribution in [-0.2, 0) is 4.79 Å². The van der Waals surface area contributed by atoms with Gasteiger partial charge in [0.2, 0.25) is 5.91 Å². The van der Waals surface area contributed by atoms with Gasteiger partial charge in [-0.2, -0.15) is 0 Å². The van der Waals surface area contributed by atoms with Gasteiger partial charge in [-0.3, -0.25) is 19.7 Å². The number of nitrogens with one attached hydrogen (secondary N) is 1. The second kappa shape index (κ2) is 9.16. The van der Waals surface area contributed by atoms with Gasteiger partial charge >= 0.3 is 0 Å². The first-order valence-corrected chi connectivity index (χ1v) is 10.3. The molecule has 0 saturated carbocycles. The highest BCUT2D eigenvalue weighted by Gasteiger charge is 2.25. The van der Waals surface area contributed by atoms with Crippen molar-refractivity contribution in [1.82, 2.24) is 4.90 Å². The van der Waals surface area contributed by atoms with E-state index in [1.54, 1.807) is 0 Å². The first kappa shape index (κ1) is 22.3. The number of rotatable bonds is 5. The number of carbonyl (C=O) groups excluding carboxylic acids is 2. The van der Waals surface area contributed by atoms with Crippen LogP contribution in [0, 0.1) is 15.5 Å². The van der Waals surface area contributed by atoms with Crippen molar-refractivity contribution in [3.63, 3.8) is 0 Å². The van der Waals surface area contributed by atoms with Crippen molar-refractivity contribution in [3.8, 4) is 0 Å². The molecule has 2 amide bonds. The summed E-state index contributed by atoms with van der Waals surface area (Å²) in [6.45, 7) is 9.12. The molecular formula is C23H28N4O4. The number of nitrogens with zero attached hydrogens (tertiary/aromatic N) is 3. The molecule has 2 aromatic carbocycles. The standard InChI is InChI=1S/C23H28N4O4/c1-23(2,3)16-21(28)26-13-11-25(12-14-26)19-9-7-18(8-10-19)24-22(29)17-5-4-6-20(15-17)27(30)31/h4-10,15H,11-14,16H2,1-3H3,(H,24,29). The SMILES string of the molecule is CC(C)(C)CC(=O)N1CCN(c2ccc(NC(=O)c3cccc([N+](=O)[O-])c3)cc2)CC1.